The molecule has 0 saturated carbocycles. The number of hydrogen-bond donors (Lipinski definition) is 3. The number of aliphatic hydroxyl groups excluding tert-OH is 1. The molecule has 0 heterocycles. The van der Waals surface area contributed by atoms with Crippen LogP contribution in [0.15, 0.2) is 42.5 Å². The highest BCUT2D eigenvalue weighted by atomic mass is 35.5. The van der Waals surface area contributed by atoms with Crippen LogP contribution in [0.3, 0.4) is 0 Å². The van der Waals surface area contributed by atoms with Gasteiger partial charge in [-0.05, 0) is 60.2 Å². The molecule has 22 heavy (non-hydrogen) atoms. The summed E-state index contributed by atoms with van der Waals surface area (Å²) < 4.78 is 0. The molecule has 0 bridgehead atoms. The molecule has 1 aliphatic carbocycles. The molecular weight excluding hydrogens is 296 g/mol. The first-order valence-corrected chi connectivity index (χ1v) is 8.04. The van der Waals surface area contributed by atoms with E-state index in [2.05, 4.69) is 17.4 Å². The van der Waals surface area contributed by atoms with Gasteiger partial charge in [-0.3, -0.25) is 0 Å². The maximum Gasteiger partial charge on any atom is 0.0914 e. The quantitative estimate of drug-likeness (QED) is 0.760. The van der Waals surface area contributed by atoms with Gasteiger partial charge in [0, 0.05) is 23.3 Å². The lowest BCUT2D eigenvalue weighted by atomic mass is 9.88. The lowest BCUT2D eigenvalue weighted by Crippen LogP contribution is -2.37. The summed E-state index contributed by atoms with van der Waals surface area (Å²) in [6.45, 7) is 0.530. The van der Waals surface area contributed by atoms with E-state index < -0.39 is 6.10 Å². The molecule has 0 fully saturated rings. The number of nitrogens with one attached hydrogen (secondary N) is 1. The molecule has 2 aromatic carbocycles. The summed E-state index contributed by atoms with van der Waals surface area (Å²) in [5.41, 5.74) is 10.2. The third-order valence-corrected chi connectivity index (χ3v) is 4.53. The van der Waals surface area contributed by atoms with Crippen LogP contribution in [0, 0.1) is 0 Å². The van der Waals surface area contributed by atoms with Gasteiger partial charge in [0.1, 0.15) is 0 Å². The van der Waals surface area contributed by atoms with Crippen molar-refractivity contribution in [2.24, 2.45) is 0 Å². The molecular formula is C18H21ClN2O. The Morgan fingerprint density at radius 3 is 2.91 bits per heavy atom. The average Bonchev–Trinajstić information content (AvgIpc) is 2.52. The minimum Gasteiger partial charge on any atom is -0.399 e. The Bertz CT molecular complexity index is 659. The van der Waals surface area contributed by atoms with Crippen LogP contribution in [-0.4, -0.2) is 17.7 Å². The number of halogens is 1. The molecule has 0 radical (unpaired) electrons. The summed E-state index contributed by atoms with van der Waals surface area (Å²) in [6.07, 6.45) is 2.56. The number of aliphatic hydroxyl groups is 1. The van der Waals surface area contributed by atoms with Gasteiger partial charge in [0.05, 0.1) is 6.10 Å². The summed E-state index contributed by atoms with van der Waals surface area (Å²) >= 11 is 5.97. The highest BCUT2D eigenvalue weighted by Crippen LogP contribution is 2.24. The van der Waals surface area contributed by atoms with Gasteiger partial charge >= 0.3 is 0 Å². The Kier molecular flexibility index (Phi) is 4.67. The van der Waals surface area contributed by atoms with Crippen molar-refractivity contribution in [1.82, 2.24) is 5.32 Å². The smallest absolute Gasteiger partial charge is 0.0914 e. The van der Waals surface area contributed by atoms with Crippen LogP contribution in [0.2, 0.25) is 5.02 Å². The van der Waals surface area contributed by atoms with Gasteiger partial charge in [-0.25, -0.2) is 0 Å². The SMILES string of the molecule is Nc1ccc2c(c1)CC(NC[C@H](O)c1cccc(Cl)c1)CC2. The van der Waals surface area contributed by atoms with Crippen molar-refractivity contribution in [1.29, 1.82) is 0 Å². The van der Waals surface area contributed by atoms with Gasteiger partial charge in [-0.1, -0.05) is 29.8 Å². The first-order valence-electron chi connectivity index (χ1n) is 7.66. The molecule has 4 heteroatoms. The Morgan fingerprint density at radius 2 is 2.09 bits per heavy atom. The number of rotatable bonds is 4. The average molecular weight is 317 g/mol. The van der Waals surface area contributed by atoms with Crippen molar-refractivity contribution in [3.8, 4) is 0 Å². The molecule has 0 amide bonds. The minimum absolute atomic E-state index is 0.378. The highest BCUT2D eigenvalue weighted by Gasteiger charge is 2.19. The van der Waals surface area contributed by atoms with E-state index >= 15 is 0 Å². The Morgan fingerprint density at radius 1 is 1.23 bits per heavy atom. The molecule has 0 saturated heterocycles. The maximum absolute atomic E-state index is 10.3. The van der Waals surface area contributed by atoms with Crippen molar-refractivity contribution < 1.29 is 5.11 Å². The molecule has 2 aromatic rings. The van der Waals surface area contributed by atoms with E-state index in [-0.39, 0.29) is 0 Å². The molecule has 1 unspecified atom stereocenters. The number of aryl methyl sites for hydroxylation is 1. The fourth-order valence-corrected chi connectivity index (χ4v) is 3.26. The fraction of sp³-hybridized carbons (Fsp3) is 0.333. The number of fused-ring (bicyclic) bond motifs is 1. The molecule has 3 rings (SSSR count). The van der Waals surface area contributed by atoms with Crippen LogP contribution in [0.1, 0.15) is 29.2 Å². The number of nitrogens with two attached hydrogens (primary N) is 1. The first kappa shape index (κ1) is 15.3. The standard InChI is InChI=1S/C18H21ClN2O/c19-15-3-1-2-13(8-15)18(22)11-21-17-7-5-12-4-6-16(20)9-14(12)10-17/h1-4,6,8-9,17-18,21-22H,5,7,10-11,20H2/t17?,18-/m0/s1. The summed E-state index contributed by atoms with van der Waals surface area (Å²) in [5, 5.41) is 14.4. The molecule has 116 valence electrons. The molecule has 1 aliphatic rings. The molecule has 0 aliphatic heterocycles. The summed E-state index contributed by atoms with van der Waals surface area (Å²) in [4.78, 5) is 0. The van der Waals surface area contributed by atoms with Crippen molar-refractivity contribution in [3.63, 3.8) is 0 Å². The Balaban J connectivity index is 1.58. The van der Waals surface area contributed by atoms with Crippen LogP contribution in [0.4, 0.5) is 5.69 Å². The monoisotopic (exact) mass is 316 g/mol. The highest BCUT2D eigenvalue weighted by molar-refractivity contribution is 6.30. The van der Waals surface area contributed by atoms with Gasteiger partial charge in [-0.15, -0.1) is 0 Å². The van der Waals surface area contributed by atoms with Gasteiger partial charge in [-0.2, -0.15) is 0 Å². The third-order valence-electron chi connectivity index (χ3n) is 4.29. The van der Waals surface area contributed by atoms with Crippen molar-refractivity contribution in [3.05, 3.63) is 64.2 Å². The van der Waals surface area contributed by atoms with Gasteiger partial charge in [0.2, 0.25) is 0 Å². The van der Waals surface area contributed by atoms with Crippen LogP contribution in [-0.2, 0) is 12.8 Å². The second-order valence-electron chi connectivity index (χ2n) is 5.95. The molecule has 0 spiro atoms. The fourth-order valence-electron chi connectivity index (χ4n) is 3.06. The summed E-state index contributed by atoms with van der Waals surface area (Å²) in [5.74, 6) is 0. The predicted octanol–water partition coefficient (Wildman–Crippen LogP) is 3.10. The lowest BCUT2D eigenvalue weighted by molar-refractivity contribution is 0.168. The number of hydrogen-bond acceptors (Lipinski definition) is 3. The zero-order chi connectivity index (χ0) is 15.5. The minimum atomic E-state index is -0.541. The molecule has 3 nitrogen and oxygen atoms in total. The molecule has 0 aromatic heterocycles. The molecule has 2 atom stereocenters. The van der Waals surface area contributed by atoms with E-state index in [1.54, 1.807) is 0 Å². The van der Waals surface area contributed by atoms with E-state index in [1.165, 1.54) is 11.1 Å². The normalized spacial score (nSPS) is 18.7. The van der Waals surface area contributed by atoms with E-state index in [0.717, 1.165) is 30.5 Å². The lowest BCUT2D eigenvalue weighted by Gasteiger charge is -2.27. The second kappa shape index (κ2) is 6.69. The number of benzene rings is 2. The van der Waals surface area contributed by atoms with E-state index in [9.17, 15) is 5.11 Å². The third kappa shape index (κ3) is 3.61. The largest absolute Gasteiger partial charge is 0.399 e. The topological polar surface area (TPSA) is 58.3 Å². The summed E-state index contributed by atoms with van der Waals surface area (Å²) in [7, 11) is 0. The predicted molar refractivity (Wildman–Crippen MR) is 91.1 cm³/mol. The van der Waals surface area contributed by atoms with Crippen LogP contribution < -0.4 is 11.1 Å². The van der Waals surface area contributed by atoms with Gasteiger partial charge in [0.15, 0.2) is 0 Å². The van der Waals surface area contributed by atoms with Crippen molar-refractivity contribution in [2.75, 3.05) is 12.3 Å². The van der Waals surface area contributed by atoms with E-state index in [1.807, 2.05) is 30.3 Å². The zero-order valence-corrected chi connectivity index (χ0v) is 13.2. The number of anilines is 1. The van der Waals surface area contributed by atoms with E-state index in [4.69, 9.17) is 17.3 Å². The Labute approximate surface area is 136 Å². The first-order chi connectivity index (χ1) is 10.6. The zero-order valence-electron chi connectivity index (χ0n) is 12.4. The van der Waals surface area contributed by atoms with Crippen LogP contribution in [0.5, 0.6) is 0 Å². The molecule has 4 N–H and O–H groups in total. The summed E-state index contributed by atoms with van der Waals surface area (Å²) in [6, 6.07) is 13.9. The van der Waals surface area contributed by atoms with E-state index in [0.29, 0.717) is 17.6 Å². The van der Waals surface area contributed by atoms with Crippen LogP contribution in [0.25, 0.3) is 0 Å². The maximum atomic E-state index is 10.3. The van der Waals surface area contributed by atoms with Crippen LogP contribution >= 0.6 is 11.6 Å². The van der Waals surface area contributed by atoms with Gasteiger partial charge in [0.25, 0.3) is 0 Å². The second-order valence-corrected chi connectivity index (χ2v) is 6.38. The van der Waals surface area contributed by atoms with Gasteiger partial charge < -0.3 is 16.2 Å². The number of nitrogen functional groups attached to an aromatic ring is 1. The van der Waals surface area contributed by atoms with Crippen molar-refractivity contribution >= 4 is 17.3 Å². The van der Waals surface area contributed by atoms with Crippen molar-refractivity contribution in [2.45, 2.75) is 31.4 Å². The Hall–Kier alpha value is -1.55.